The zero-order valence-electron chi connectivity index (χ0n) is 21.3. The molecule has 0 bridgehead atoms. The van der Waals surface area contributed by atoms with Gasteiger partial charge in [-0.3, -0.25) is 13.9 Å². The molecule has 5 rings (SSSR count). The number of fused-ring (bicyclic) bond motifs is 1. The summed E-state index contributed by atoms with van der Waals surface area (Å²) in [4.78, 5) is 25.0. The van der Waals surface area contributed by atoms with Crippen LogP contribution in [0.25, 0.3) is 11.2 Å². The Balaban J connectivity index is 1.23. The second-order valence-corrected chi connectivity index (χ2v) is 13.7. The topological polar surface area (TPSA) is 193 Å². The highest BCUT2D eigenvalue weighted by atomic mass is 32.7. The van der Waals surface area contributed by atoms with Crippen molar-refractivity contribution in [3.8, 4) is 5.88 Å². The highest BCUT2D eigenvalue weighted by molar-refractivity contribution is 8.56. The Morgan fingerprint density at radius 2 is 2.13 bits per heavy atom. The van der Waals surface area contributed by atoms with Gasteiger partial charge in [0.15, 0.2) is 17.4 Å². The standard InChI is InChI=1S/C23H29N6O8PS/c1-12(13-7-5-4-6-8-13)36-20(31)14-10-39-38(33,28-14)35-9-15-17(30)23(2,32)21(37-15)29-11-25-16-18(29)26-22(24)27-19(16)34-3/h4-8,11-12,14-15,17,21,30,32H,9-10H2,1-3H3,(H,28,33)(H2,24,26,27)/t12-,14?,15?,17+,21+,23+,38?/m0/s1. The molecule has 2 saturated heterocycles. The third-order valence-electron chi connectivity index (χ3n) is 6.59. The Bertz CT molecular complexity index is 1410. The van der Waals surface area contributed by atoms with Crippen LogP contribution in [-0.4, -0.2) is 79.0 Å². The molecule has 4 heterocycles. The Kier molecular flexibility index (Phi) is 7.59. The number of aromatic nitrogens is 4. The van der Waals surface area contributed by atoms with Crippen LogP contribution in [0.4, 0.5) is 5.95 Å². The third kappa shape index (κ3) is 5.35. The molecule has 7 atom stereocenters. The molecule has 0 radical (unpaired) electrons. The van der Waals surface area contributed by atoms with Crippen LogP contribution >= 0.6 is 18.1 Å². The van der Waals surface area contributed by atoms with Crippen molar-refractivity contribution in [1.29, 1.82) is 0 Å². The molecule has 14 nitrogen and oxygen atoms in total. The summed E-state index contributed by atoms with van der Waals surface area (Å²) < 4.78 is 37.0. The van der Waals surface area contributed by atoms with E-state index in [4.69, 9.17) is 24.5 Å². The molecular formula is C23H29N6O8PS. The maximum atomic E-state index is 13.3. The number of benzene rings is 1. The van der Waals surface area contributed by atoms with Gasteiger partial charge in [-0.25, -0.2) is 10.1 Å². The summed E-state index contributed by atoms with van der Waals surface area (Å²) in [5, 5.41) is 24.7. The molecule has 2 aliphatic rings. The number of carbonyl (C=O) groups excluding carboxylic acids is 1. The highest BCUT2D eigenvalue weighted by Crippen LogP contribution is 2.61. The summed E-state index contributed by atoms with van der Waals surface area (Å²) in [7, 11) is 1.41. The van der Waals surface area contributed by atoms with E-state index in [0.29, 0.717) is 0 Å². The van der Waals surface area contributed by atoms with Gasteiger partial charge in [0, 0.05) is 5.75 Å². The minimum atomic E-state index is -3.53. The van der Waals surface area contributed by atoms with Crippen LogP contribution in [0.2, 0.25) is 0 Å². The van der Waals surface area contributed by atoms with Gasteiger partial charge in [0.1, 0.15) is 30.0 Å². The SMILES string of the molecule is COc1nc(N)nc2c1ncn2[C@@H]1OC(COP2(=O)NC(C(=O)O[C@@H](C)c3ccccc3)CS2)[C@@H](O)[C@@]1(C)O. The van der Waals surface area contributed by atoms with Crippen molar-refractivity contribution >= 4 is 41.2 Å². The van der Waals surface area contributed by atoms with Crippen molar-refractivity contribution in [3.63, 3.8) is 0 Å². The van der Waals surface area contributed by atoms with Gasteiger partial charge < -0.3 is 34.7 Å². The molecule has 3 aromatic rings. The first-order chi connectivity index (χ1) is 18.5. The van der Waals surface area contributed by atoms with E-state index >= 15 is 0 Å². The molecule has 5 N–H and O–H groups in total. The summed E-state index contributed by atoms with van der Waals surface area (Å²) in [6.45, 7) is -0.719. The number of nitrogen functional groups attached to an aromatic ring is 1. The number of imidazole rings is 1. The lowest BCUT2D eigenvalue weighted by Crippen LogP contribution is -2.44. The third-order valence-corrected chi connectivity index (χ3v) is 10.6. The Morgan fingerprint density at radius 3 is 2.85 bits per heavy atom. The summed E-state index contributed by atoms with van der Waals surface area (Å²) in [5.74, 6) is -0.310. The van der Waals surface area contributed by atoms with Crippen LogP contribution in [0, 0.1) is 0 Å². The number of hydrogen-bond donors (Lipinski definition) is 4. The maximum absolute atomic E-state index is 13.3. The van der Waals surface area contributed by atoms with Gasteiger partial charge in [-0.2, -0.15) is 9.97 Å². The van der Waals surface area contributed by atoms with Crippen molar-refractivity contribution in [3.05, 3.63) is 42.2 Å². The summed E-state index contributed by atoms with van der Waals surface area (Å²) in [5.41, 5.74) is 5.33. The summed E-state index contributed by atoms with van der Waals surface area (Å²) >= 11 is 0.956. The van der Waals surface area contributed by atoms with Crippen molar-refractivity contribution in [2.45, 2.75) is 50.0 Å². The number of nitrogens with two attached hydrogens (primary N) is 1. The normalized spacial score (nSPS) is 31.4. The van der Waals surface area contributed by atoms with Crippen molar-refractivity contribution in [2.24, 2.45) is 0 Å². The molecule has 0 saturated carbocycles. The average molecular weight is 581 g/mol. The predicted molar refractivity (Wildman–Crippen MR) is 141 cm³/mol. The van der Waals surface area contributed by atoms with E-state index in [2.05, 4.69) is 20.0 Å². The first-order valence-corrected chi connectivity index (χ1v) is 15.3. The van der Waals surface area contributed by atoms with Crippen LogP contribution in [0.5, 0.6) is 5.88 Å². The van der Waals surface area contributed by atoms with Crippen LogP contribution in [0.3, 0.4) is 0 Å². The lowest BCUT2D eigenvalue weighted by Gasteiger charge is -2.27. The number of nitrogens with zero attached hydrogens (tertiary/aromatic N) is 4. The molecule has 0 spiro atoms. The van der Waals surface area contributed by atoms with Gasteiger partial charge in [-0.1, -0.05) is 41.7 Å². The number of ether oxygens (including phenoxy) is 3. The van der Waals surface area contributed by atoms with E-state index in [-0.39, 0.29) is 35.4 Å². The zero-order valence-corrected chi connectivity index (χ0v) is 23.0. The largest absolute Gasteiger partial charge is 0.479 e. The Hall–Kier alpha value is -2.78. The van der Waals surface area contributed by atoms with Gasteiger partial charge in [0.25, 0.3) is 0 Å². The fraction of sp³-hybridized carbons (Fsp3) is 0.478. The van der Waals surface area contributed by atoms with Crippen LogP contribution < -0.4 is 15.6 Å². The van der Waals surface area contributed by atoms with E-state index in [0.717, 1.165) is 16.9 Å². The minimum absolute atomic E-state index is 0.0761. The number of methoxy groups -OCH3 is 1. The fourth-order valence-electron chi connectivity index (χ4n) is 4.45. The lowest BCUT2D eigenvalue weighted by molar-refractivity contribution is -0.150. The number of carbonyl (C=O) groups is 1. The van der Waals surface area contributed by atoms with E-state index in [1.54, 1.807) is 6.92 Å². The molecule has 210 valence electrons. The maximum Gasteiger partial charge on any atom is 0.327 e. The monoisotopic (exact) mass is 580 g/mol. The molecule has 1 aromatic carbocycles. The number of aliphatic hydroxyl groups excluding tert-OH is 1. The van der Waals surface area contributed by atoms with Crippen molar-refractivity contribution in [1.82, 2.24) is 24.6 Å². The molecular weight excluding hydrogens is 551 g/mol. The zero-order chi connectivity index (χ0) is 27.9. The van der Waals surface area contributed by atoms with E-state index in [1.165, 1.54) is 24.9 Å². The van der Waals surface area contributed by atoms with E-state index < -0.39 is 48.9 Å². The summed E-state index contributed by atoms with van der Waals surface area (Å²) in [6, 6.07) is 8.43. The first-order valence-electron chi connectivity index (χ1n) is 12.0. The van der Waals surface area contributed by atoms with Crippen LogP contribution in [0.15, 0.2) is 36.7 Å². The average Bonchev–Trinajstić information content (AvgIpc) is 3.57. The quantitative estimate of drug-likeness (QED) is 0.221. The van der Waals surface area contributed by atoms with Gasteiger partial charge in [-0.15, -0.1) is 0 Å². The molecule has 2 aliphatic heterocycles. The number of nitrogens with one attached hydrogen (secondary N) is 1. The second-order valence-electron chi connectivity index (χ2n) is 9.37. The molecule has 0 aliphatic carbocycles. The van der Waals surface area contributed by atoms with Crippen molar-refractivity contribution in [2.75, 3.05) is 25.2 Å². The number of hydrogen-bond acceptors (Lipinski definition) is 13. The lowest BCUT2D eigenvalue weighted by atomic mass is 9.96. The van der Waals surface area contributed by atoms with Gasteiger partial charge in [0.2, 0.25) is 11.8 Å². The number of anilines is 1. The van der Waals surface area contributed by atoms with Gasteiger partial charge >= 0.3 is 12.7 Å². The number of aliphatic hydroxyl groups is 2. The number of rotatable bonds is 8. The first kappa shape index (κ1) is 27.8. The van der Waals surface area contributed by atoms with E-state index in [1.807, 2.05) is 30.3 Å². The molecule has 16 heteroatoms. The van der Waals surface area contributed by atoms with E-state index in [9.17, 15) is 19.6 Å². The molecule has 3 unspecified atom stereocenters. The molecule has 2 fully saturated rings. The molecule has 0 amide bonds. The van der Waals surface area contributed by atoms with Crippen LogP contribution in [0.1, 0.15) is 31.7 Å². The Labute approximate surface area is 227 Å². The highest BCUT2D eigenvalue weighted by Gasteiger charge is 2.54. The van der Waals surface area contributed by atoms with Crippen molar-refractivity contribution < 1.29 is 38.3 Å². The predicted octanol–water partition coefficient (Wildman–Crippen LogP) is 1.56. The smallest absolute Gasteiger partial charge is 0.327 e. The minimum Gasteiger partial charge on any atom is -0.479 e. The molecule has 2 aromatic heterocycles. The van der Waals surface area contributed by atoms with Gasteiger partial charge in [-0.05, 0) is 19.4 Å². The number of esters is 1. The fourth-order valence-corrected chi connectivity index (χ4v) is 8.33. The van der Waals surface area contributed by atoms with Gasteiger partial charge in [0.05, 0.1) is 20.0 Å². The van der Waals surface area contributed by atoms with Crippen LogP contribution in [-0.2, 0) is 23.4 Å². The Morgan fingerprint density at radius 1 is 1.38 bits per heavy atom. The molecule has 39 heavy (non-hydrogen) atoms. The second kappa shape index (κ2) is 10.7. The summed E-state index contributed by atoms with van der Waals surface area (Å²) in [6.07, 6.45) is -2.75.